The molecule has 0 radical (unpaired) electrons. The summed E-state index contributed by atoms with van der Waals surface area (Å²) in [5.74, 6) is 0. The van der Waals surface area contributed by atoms with E-state index in [0.717, 1.165) is 10.9 Å². The van der Waals surface area contributed by atoms with Gasteiger partial charge in [-0.15, -0.1) is 11.3 Å². The minimum atomic E-state index is -0.683. The van der Waals surface area contributed by atoms with E-state index in [1.807, 2.05) is 6.07 Å². The van der Waals surface area contributed by atoms with Gasteiger partial charge in [-0.25, -0.2) is 0 Å². The molecule has 100 valence electrons. The number of non-ortho nitro benzene ring substituents is 1. The first-order valence-electron chi connectivity index (χ1n) is 5.37. The van der Waals surface area contributed by atoms with Crippen molar-refractivity contribution < 1.29 is 9.85 Å². The third-order valence-corrected chi connectivity index (χ3v) is 3.78. The summed E-state index contributed by atoms with van der Waals surface area (Å²) < 4.78 is 0. The van der Waals surface area contributed by atoms with Crippen molar-refractivity contribution in [2.45, 2.75) is 6.92 Å². The molecular formula is C12H7N3O4S. The molecule has 20 heavy (non-hydrogen) atoms. The van der Waals surface area contributed by atoms with Crippen molar-refractivity contribution in [2.24, 2.45) is 0 Å². The molecule has 7 nitrogen and oxygen atoms in total. The highest BCUT2D eigenvalue weighted by molar-refractivity contribution is 7.15. The van der Waals surface area contributed by atoms with Gasteiger partial charge >= 0.3 is 0 Å². The molecule has 0 amide bonds. The van der Waals surface area contributed by atoms with Gasteiger partial charge in [0.05, 0.1) is 27.0 Å². The number of thiophene rings is 1. The standard InChI is InChI=1S/C12H7N3O4S/c1-7-8(6-13)4-12(20-7)10-3-2-9(14(16)17)5-11(10)15(18)19/h2-5H,1H3. The smallest absolute Gasteiger partial charge is 0.258 e. The number of hydrogen-bond acceptors (Lipinski definition) is 6. The SMILES string of the molecule is Cc1sc(-c2ccc([N+](=O)[O-])cc2[N+](=O)[O-])cc1C#N. The fourth-order valence-electron chi connectivity index (χ4n) is 1.72. The van der Waals surface area contributed by atoms with Crippen LogP contribution in [0.3, 0.4) is 0 Å². The fraction of sp³-hybridized carbons (Fsp3) is 0.0833. The number of nitriles is 1. The predicted molar refractivity (Wildman–Crippen MR) is 72.5 cm³/mol. The van der Waals surface area contributed by atoms with E-state index in [1.54, 1.807) is 13.0 Å². The van der Waals surface area contributed by atoms with E-state index in [1.165, 1.54) is 23.5 Å². The van der Waals surface area contributed by atoms with Crippen LogP contribution in [0.5, 0.6) is 0 Å². The van der Waals surface area contributed by atoms with Crippen LogP contribution in [0.4, 0.5) is 11.4 Å². The number of hydrogen-bond donors (Lipinski definition) is 0. The summed E-state index contributed by atoms with van der Waals surface area (Å²) in [4.78, 5) is 21.7. The maximum atomic E-state index is 11.1. The third-order valence-electron chi connectivity index (χ3n) is 2.69. The van der Waals surface area contributed by atoms with Crippen LogP contribution in [0.25, 0.3) is 10.4 Å². The molecule has 0 aliphatic carbocycles. The van der Waals surface area contributed by atoms with Gasteiger partial charge in [-0.3, -0.25) is 20.2 Å². The molecule has 0 unspecified atom stereocenters. The van der Waals surface area contributed by atoms with Crippen molar-refractivity contribution in [2.75, 3.05) is 0 Å². The third kappa shape index (κ3) is 2.34. The Morgan fingerprint density at radius 3 is 2.40 bits per heavy atom. The molecule has 0 bridgehead atoms. The molecule has 0 fully saturated rings. The molecule has 0 N–H and O–H groups in total. The average molecular weight is 289 g/mol. The van der Waals surface area contributed by atoms with Crippen molar-refractivity contribution in [1.82, 2.24) is 0 Å². The van der Waals surface area contributed by atoms with Gasteiger partial charge in [0.2, 0.25) is 0 Å². The number of rotatable bonds is 3. The topological polar surface area (TPSA) is 110 Å². The van der Waals surface area contributed by atoms with Crippen molar-refractivity contribution in [1.29, 1.82) is 5.26 Å². The number of nitro groups is 2. The first kappa shape index (κ1) is 13.6. The van der Waals surface area contributed by atoms with Crippen LogP contribution < -0.4 is 0 Å². The number of nitro benzene ring substituents is 2. The number of benzene rings is 1. The van der Waals surface area contributed by atoms with Gasteiger partial charge in [-0.2, -0.15) is 5.26 Å². The summed E-state index contributed by atoms with van der Waals surface area (Å²) in [6.07, 6.45) is 0. The molecule has 0 atom stereocenters. The molecule has 0 aliphatic heterocycles. The largest absolute Gasteiger partial charge is 0.284 e. The number of nitrogens with zero attached hydrogens (tertiary/aromatic N) is 3. The van der Waals surface area contributed by atoms with E-state index in [-0.39, 0.29) is 16.9 Å². The van der Waals surface area contributed by atoms with Crippen molar-refractivity contribution in [3.8, 4) is 16.5 Å². The molecule has 2 aromatic rings. The lowest BCUT2D eigenvalue weighted by Crippen LogP contribution is -1.94. The molecule has 0 saturated heterocycles. The molecule has 1 aromatic carbocycles. The lowest BCUT2D eigenvalue weighted by atomic mass is 10.1. The van der Waals surface area contributed by atoms with Gasteiger partial charge in [0, 0.05) is 15.8 Å². The Kier molecular flexibility index (Phi) is 3.45. The Labute approximate surface area is 117 Å². The molecule has 8 heteroatoms. The van der Waals surface area contributed by atoms with E-state index >= 15 is 0 Å². The van der Waals surface area contributed by atoms with Crippen LogP contribution in [0, 0.1) is 38.5 Å². The van der Waals surface area contributed by atoms with Crippen LogP contribution >= 0.6 is 11.3 Å². The summed E-state index contributed by atoms with van der Waals surface area (Å²) >= 11 is 1.24. The summed E-state index contributed by atoms with van der Waals surface area (Å²) in [6, 6.07) is 7.02. The fourth-order valence-corrected chi connectivity index (χ4v) is 2.72. The molecule has 0 saturated carbocycles. The highest BCUT2D eigenvalue weighted by atomic mass is 32.1. The quantitative estimate of drug-likeness (QED) is 0.635. The van der Waals surface area contributed by atoms with Crippen LogP contribution in [0.1, 0.15) is 10.4 Å². The van der Waals surface area contributed by atoms with Gasteiger partial charge in [0.1, 0.15) is 6.07 Å². The molecule has 0 aliphatic rings. The summed E-state index contributed by atoms with van der Waals surface area (Å²) in [7, 11) is 0. The average Bonchev–Trinajstić information content (AvgIpc) is 2.79. The summed E-state index contributed by atoms with van der Waals surface area (Å²) in [6.45, 7) is 1.74. The molecule has 1 heterocycles. The highest BCUT2D eigenvalue weighted by Gasteiger charge is 2.22. The van der Waals surface area contributed by atoms with E-state index in [4.69, 9.17) is 5.26 Å². The maximum absolute atomic E-state index is 11.1. The Balaban J connectivity index is 2.64. The molecule has 1 aromatic heterocycles. The second-order valence-corrected chi connectivity index (χ2v) is 5.16. The van der Waals surface area contributed by atoms with Gasteiger partial charge < -0.3 is 0 Å². The van der Waals surface area contributed by atoms with Gasteiger partial charge in [0.15, 0.2) is 0 Å². The first-order valence-corrected chi connectivity index (χ1v) is 6.19. The van der Waals surface area contributed by atoms with E-state index in [2.05, 4.69) is 0 Å². The van der Waals surface area contributed by atoms with E-state index < -0.39 is 9.85 Å². The van der Waals surface area contributed by atoms with Gasteiger partial charge in [-0.1, -0.05) is 0 Å². The van der Waals surface area contributed by atoms with Crippen LogP contribution in [0.15, 0.2) is 24.3 Å². The van der Waals surface area contributed by atoms with E-state index in [0.29, 0.717) is 10.4 Å². The van der Waals surface area contributed by atoms with Crippen molar-refractivity contribution >= 4 is 22.7 Å². The minimum Gasteiger partial charge on any atom is -0.258 e. The molecule has 0 spiro atoms. The van der Waals surface area contributed by atoms with Crippen molar-refractivity contribution in [3.05, 3.63) is 54.9 Å². The van der Waals surface area contributed by atoms with Crippen LogP contribution in [-0.2, 0) is 0 Å². The lowest BCUT2D eigenvalue weighted by Gasteiger charge is -2.00. The molecular weight excluding hydrogens is 282 g/mol. The zero-order valence-corrected chi connectivity index (χ0v) is 11.0. The minimum absolute atomic E-state index is 0.273. The highest BCUT2D eigenvalue weighted by Crippen LogP contribution is 2.38. The lowest BCUT2D eigenvalue weighted by molar-refractivity contribution is -0.393. The summed E-state index contributed by atoms with van der Waals surface area (Å²) in [5, 5.41) is 30.6. The van der Waals surface area contributed by atoms with Crippen LogP contribution in [-0.4, -0.2) is 9.85 Å². The predicted octanol–water partition coefficient (Wildman–Crippen LogP) is 3.41. The zero-order chi connectivity index (χ0) is 14.9. The van der Waals surface area contributed by atoms with Crippen molar-refractivity contribution in [3.63, 3.8) is 0 Å². The normalized spacial score (nSPS) is 10.0. The Morgan fingerprint density at radius 2 is 1.90 bits per heavy atom. The van der Waals surface area contributed by atoms with Gasteiger partial charge in [-0.05, 0) is 19.1 Å². The monoisotopic (exact) mass is 289 g/mol. The second kappa shape index (κ2) is 5.07. The van der Waals surface area contributed by atoms with Crippen LogP contribution in [0.2, 0.25) is 0 Å². The first-order chi connectivity index (χ1) is 9.43. The maximum Gasteiger partial charge on any atom is 0.284 e. The zero-order valence-electron chi connectivity index (χ0n) is 10.2. The second-order valence-electron chi connectivity index (χ2n) is 3.91. The number of aryl methyl sites for hydroxylation is 1. The van der Waals surface area contributed by atoms with Gasteiger partial charge in [0.25, 0.3) is 11.4 Å². The molecule has 2 rings (SSSR count). The van der Waals surface area contributed by atoms with E-state index in [9.17, 15) is 20.2 Å². The Morgan fingerprint density at radius 1 is 1.20 bits per heavy atom. The summed E-state index contributed by atoms with van der Waals surface area (Å²) in [5.41, 5.74) is 0.0343. The Hall–Kier alpha value is -2.79. The Bertz CT molecular complexity index is 761.